The first-order chi connectivity index (χ1) is 11.6. The maximum absolute atomic E-state index is 12.5. The molecule has 0 saturated heterocycles. The van der Waals surface area contributed by atoms with Crippen LogP contribution in [0.25, 0.3) is 0 Å². The Morgan fingerprint density at radius 3 is 1.92 bits per heavy atom. The van der Waals surface area contributed by atoms with E-state index in [4.69, 9.17) is 9.47 Å². The summed E-state index contributed by atoms with van der Waals surface area (Å²) in [6.07, 6.45) is 4.07. The van der Waals surface area contributed by atoms with E-state index in [0.717, 1.165) is 0 Å². The van der Waals surface area contributed by atoms with Crippen molar-refractivity contribution >= 4 is 41.5 Å². The highest BCUT2D eigenvalue weighted by Gasteiger charge is 2.28. The number of carbonyl (C=O) groups is 3. The first-order valence-electron chi connectivity index (χ1n) is 8.00. The van der Waals surface area contributed by atoms with Crippen LogP contribution in [0.5, 0.6) is 0 Å². The Hall–Kier alpha value is -1.09. The molecule has 2 atom stereocenters. The van der Waals surface area contributed by atoms with Gasteiger partial charge in [-0.2, -0.15) is 23.5 Å². The predicted octanol–water partition coefficient (Wildman–Crippen LogP) is 2.04. The molecule has 25 heavy (non-hydrogen) atoms. The Balaban J connectivity index is 4.94. The summed E-state index contributed by atoms with van der Waals surface area (Å²) in [7, 11) is 1.28. The van der Waals surface area contributed by atoms with Crippen molar-refractivity contribution in [3.8, 4) is 0 Å². The number of carbonyl (C=O) groups excluding carboxylic acids is 3. The van der Waals surface area contributed by atoms with Crippen molar-refractivity contribution in [3.05, 3.63) is 0 Å². The maximum Gasteiger partial charge on any atom is 0.408 e. The van der Waals surface area contributed by atoms with Gasteiger partial charge in [0.15, 0.2) is 0 Å². The van der Waals surface area contributed by atoms with Crippen LogP contribution in [-0.2, 0) is 19.1 Å². The Kier molecular flexibility index (Phi) is 11.8. The van der Waals surface area contributed by atoms with Crippen LogP contribution >= 0.6 is 23.5 Å². The number of rotatable bonds is 10. The maximum atomic E-state index is 12.5. The molecule has 0 rings (SSSR count). The average molecular weight is 395 g/mol. The number of amides is 2. The van der Waals surface area contributed by atoms with Gasteiger partial charge in [0, 0.05) is 0 Å². The van der Waals surface area contributed by atoms with Crippen LogP contribution in [0, 0.1) is 0 Å². The van der Waals surface area contributed by atoms with E-state index < -0.39 is 35.7 Å². The molecule has 9 heteroatoms. The highest BCUT2D eigenvalue weighted by molar-refractivity contribution is 7.98. The average Bonchev–Trinajstić information content (AvgIpc) is 2.52. The molecule has 0 aromatic rings. The van der Waals surface area contributed by atoms with Gasteiger partial charge in [-0.3, -0.25) is 4.79 Å². The smallest absolute Gasteiger partial charge is 0.408 e. The number of thioether (sulfide) groups is 2. The quantitative estimate of drug-likeness (QED) is 0.548. The molecule has 0 bridgehead atoms. The number of ether oxygens (including phenoxy) is 2. The fraction of sp³-hybridized carbons (Fsp3) is 0.812. The summed E-state index contributed by atoms with van der Waals surface area (Å²) in [6, 6.07) is -1.51. The van der Waals surface area contributed by atoms with Crippen LogP contribution in [0.2, 0.25) is 0 Å². The number of esters is 1. The first-order valence-corrected chi connectivity index (χ1v) is 10.8. The Bertz CT molecular complexity index is 441. The molecule has 0 aliphatic carbocycles. The SMILES string of the molecule is COC(=O)C(CCSC)NC(=O)C(CCSC)NC(=O)OC(C)(C)C. The van der Waals surface area contributed by atoms with E-state index in [1.54, 1.807) is 44.3 Å². The van der Waals surface area contributed by atoms with Crippen LogP contribution < -0.4 is 10.6 Å². The molecule has 0 fully saturated rings. The van der Waals surface area contributed by atoms with Gasteiger partial charge in [-0.25, -0.2) is 9.59 Å². The molecule has 2 unspecified atom stereocenters. The summed E-state index contributed by atoms with van der Waals surface area (Å²) in [4.78, 5) is 36.3. The van der Waals surface area contributed by atoms with Gasteiger partial charge in [-0.15, -0.1) is 0 Å². The molecule has 0 radical (unpaired) electrons. The zero-order chi connectivity index (χ0) is 19.5. The lowest BCUT2D eigenvalue weighted by Crippen LogP contribution is -2.52. The van der Waals surface area contributed by atoms with Gasteiger partial charge >= 0.3 is 12.1 Å². The van der Waals surface area contributed by atoms with Crippen molar-refractivity contribution < 1.29 is 23.9 Å². The summed E-state index contributed by atoms with van der Waals surface area (Å²) >= 11 is 3.14. The van der Waals surface area contributed by atoms with Gasteiger partial charge in [0.2, 0.25) is 5.91 Å². The van der Waals surface area contributed by atoms with Crippen molar-refractivity contribution in [1.82, 2.24) is 10.6 Å². The Morgan fingerprint density at radius 2 is 1.48 bits per heavy atom. The topological polar surface area (TPSA) is 93.7 Å². The van der Waals surface area contributed by atoms with E-state index >= 15 is 0 Å². The van der Waals surface area contributed by atoms with E-state index in [9.17, 15) is 14.4 Å². The van der Waals surface area contributed by atoms with Gasteiger partial charge < -0.3 is 20.1 Å². The molecule has 0 aromatic carbocycles. The number of nitrogens with one attached hydrogen (secondary N) is 2. The van der Waals surface area contributed by atoms with Crippen LogP contribution in [0.4, 0.5) is 4.79 Å². The zero-order valence-corrected chi connectivity index (χ0v) is 17.5. The summed E-state index contributed by atoms with van der Waals surface area (Å²) in [5.41, 5.74) is -0.655. The minimum Gasteiger partial charge on any atom is -0.467 e. The third-order valence-corrected chi connectivity index (χ3v) is 4.32. The number of methoxy groups -OCH3 is 1. The second-order valence-corrected chi connectivity index (χ2v) is 8.32. The second-order valence-electron chi connectivity index (χ2n) is 6.35. The largest absolute Gasteiger partial charge is 0.467 e. The van der Waals surface area contributed by atoms with E-state index in [1.165, 1.54) is 7.11 Å². The first kappa shape index (κ1) is 23.9. The standard InChI is InChI=1S/C16H30N2O5S2/c1-16(2,3)23-15(21)18-11(7-9-24-5)13(19)17-12(8-10-25-6)14(20)22-4/h11-12H,7-10H2,1-6H3,(H,17,19)(H,18,21). The highest BCUT2D eigenvalue weighted by atomic mass is 32.2. The molecule has 0 spiro atoms. The molecular formula is C16H30N2O5S2. The molecular weight excluding hydrogens is 364 g/mol. The summed E-state index contributed by atoms with van der Waals surface area (Å²) < 4.78 is 9.94. The molecule has 0 heterocycles. The van der Waals surface area contributed by atoms with Gasteiger partial charge in [-0.1, -0.05) is 0 Å². The summed E-state index contributed by atoms with van der Waals surface area (Å²) in [5, 5.41) is 5.26. The summed E-state index contributed by atoms with van der Waals surface area (Å²) in [6.45, 7) is 5.25. The lowest BCUT2D eigenvalue weighted by atomic mass is 10.1. The summed E-state index contributed by atoms with van der Waals surface area (Å²) in [5.74, 6) is 0.469. The minimum atomic E-state index is -0.774. The lowest BCUT2D eigenvalue weighted by Gasteiger charge is -2.24. The van der Waals surface area contributed by atoms with Crippen molar-refractivity contribution in [1.29, 1.82) is 0 Å². The predicted molar refractivity (Wildman–Crippen MR) is 103 cm³/mol. The monoisotopic (exact) mass is 394 g/mol. The van der Waals surface area contributed by atoms with Crippen LogP contribution in [-0.4, -0.2) is 66.8 Å². The highest BCUT2D eigenvalue weighted by Crippen LogP contribution is 2.09. The van der Waals surface area contributed by atoms with E-state index in [-0.39, 0.29) is 0 Å². The van der Waals surface area contributed by atoms with Crippen molar-refractivity contribution in [2.24, 2.45) is 0 Å². The number of hydrogen-bond donors (Lipinski definition) is 2. The fourth-order valence-corrected chi connectivity index (χ4v) is 2.80. The van der Waals surface area contributed by atoms with Crippen molar-refractivity contribution in [2.45, 2.75) is 51.3 Å². The second kappa shape index (κ2) is 12.3. The molecule has 2 N–H and O–H groups in total. The Morgan fingerprint density at radius 1 is 0.960 bits per heavy atom. The third kappa shape index (κ3) is 11.2. The zero-order valence-electron chi connectivity index (χ0n) is 15.8. The number of alkyl carbamates (subject to hydrolysis) is 1. The third-order valence-electron chi connectivity index (χ3n) is 3.03. The van der Waals surface area contributed by atoms with Crippen LogP contribution in [0.3, 0.4) is 0 Å². The van der Waals surface area contributed by atoms with E-state index in [1.807, 2.05) is 12.5 Å². The molecule has 0 aromatic heterocycles. The van der Waals surface area contributed by atoms with E-state index in [2.05, 4.69) is 10.6 Å². The Labute approximate surface area is 158 Å². The molecule has 0 aliphatic rings. The van der Waals surface area contributed by atoms with Crippen LogP contribution in [0.15, 0.2) is 0 Å². The van der Waals surface area contributed by atoms with Gasteiger partial charge in [0.1, 0.15) is 17.7 Å². The van der Waals surface area contributed by atoms with Gasteiger partial charge in [-0.05, 0) is 57.6 Å². The van der Waals surface area contributed by atoms with E-state index in [0.29, 0.717) is 24.3 Å². The molecule has 0 saturated carbocycles. The van der Waals surface area contributed by atoms with Gasteiger partial charge in [0.25, 0.3) is 0 Å². The molecule has 146 valence electrons. The lowest BCUT2D eigenvalue weighted by molar-refractivity contribution is -0.145. The van der Waals surface area contributed by atoms with Gasteiger partial charge in [0.05, 0.1) is 7.11 Å². The molecule has 2 amide bonds. The molecule has 0 aliphatic heterocycles. The normalized spacial score (nSPS) is 13.5. The number of hydrogen-bond acceptors (Lipinski definition) is 7. The molecule has 7 nitrogen and oxygen atoms in total. The van der Waals surface area contributed by atoms with Crippen LogP contribution in [0.1, 0.15) is 33.6 Å². The van der Waals surface area contributed by atoms with Crippen molar-refractivity contribution in [3.63, 3.8) is 0 Å². The fourth-order valence-electron chi connectivity index (χ4n) is 1.85. The van der Waals surface area contributed by atoms with Crippen molar-refractivity contribution in [2.75, 3.05) is 31.1 Å². The minimum absolute atomic E-state index is 0.420.